The summed E-state index contributed by atoms with van der Waals surface area (Å²) in [5, 5.41) is 20.4. The van der Waals surface area contributed by atoms with E-state index in [0.29, 0.717) is 40.2 Å². The topological polar surface area (TPSA) is 119 Å². The number of benzene rings is 1. The lowest BCUT2D eigenvalue weighted by Crippen LogP contribution is -2.36. The van der Waals surface area contributed by atoms with E-state index in [-0.39, 0.29) is 0 Å². The van der Waals surface area contributed by atoms with Crippen molar-refractivity contribution in [3.8, 4) is 0 Å². The molecule has 0 saturated carbocycles. The second kappa shape index (κ2) is 8.03. The lowest BCUT2D eigenvalue weighted by Gasteiger charge is -2.28. The average molecular weight is 433 g/mol. The molecule has 11 nitrogen and oxygen atoms in total. The molecule has 0 aliphatic carbocycles. The third-order valence-corrected chi connectivity index (χ3v) is 5.27. The molecule has 0 unspecified atom stereocenters. The predicted molar refractivity (Wildman–Crippen MR) is 113 cm³/mol. The van der Waals surface area contributed by atoms with Gasteiger partial charge in [0.15, 0.2) is 11.0 Å². The number of rotatable bonds is 4. The maximum Gasteiger partial charge on any atom is 0.416 e. The number of anilines is 4. The number of fused-ring (bicyclic) bond motifs is 1. The van der Waals surface area contributed by atoms with Crippen molar-refractivity contribution in [2.75, 3.05) is 48.5 Å². The van der Waals surface area contributed by atoms with E-state index in [4.69, 9.17) is 14.1 Å². The predicted octanol–water partition coefficient (Wildman–Crippen LogP) is 3.03. The zero-order valence-corrected chi connectivity index (χ0v) is 18.0. The van der Waals surface area contributed by atoms with Crippen molar-refractivity contribution < 1.29 is 18.9 Å². The number of ether oxygens (including phenoxy) is 2. The van der Waals surface area contributed by atoms with E-state index >= 15 is 0 Å². The smallest absolute Gasteiger partial charge is 0.416 e. The maximum absolute atomic E-state index is 12.2. The first-order valence-corrected chi connectivity index (χ1v) is 10.3. The van der Waals surface area contributed by atoms with Crippen molar-refractivity contribution in [3.63, 3.8) is 0 Å². The summed E-state index contributed by atoms with van der Waals surface area (Å²) in [5.41, 5.74) is 2.30. The van der Waals surface area contributed by atoms with E-state index in [1.54, 1.807) is 7.05 Å². The Labute approximate surface area is 176 Å². The van der Waals surface area contributed by atoms with E-state index in [9.17, 15) is 4.79 Å². The van der Waals surface area contributed by atoms with Crippen LogP contribution in [0.3, 0.4) is 0 Å². The van der Waals surface area contributed by atoms with E-state index in [0.717, 1.165) is 18.8 Å². The lowest BCUT2D eigenvalue weighted by atomic mass is 10.2. The summed E-state index contributed by atoms with van der Waals surface area (Å²) < 4.78 is 15.8. The second-order valence-corrected chi connectivity index (χ2v) is 8.70. The largest absolute Gasteiger partial charge is 0.443 e. The molecule has 12 heteroatoms. The normalized spacial score (nSPS) is 14.7. The van der Waals surface area contributed by atoms with Gasteiger partial charge in [-0.2, -0.15) is 0 Å². The summed E-state index contributed by atoms with van der Waals surface area (Å²) in [6.45, 7) is 8.34. The molecule has 1 amide bonds. The number of aromatic nitrogens is 4. The van der Waals surface area contributed by atoms with Crippen molar-refractivity contribution in [2.24, 2.45) is 0 Å². The fourth-order valence-electron chi connectivity index (χ4n) is 2.94. The number of hydrogen-bond acceptors (Lipinski definition) is 11. The van der Waals surface area contributed by atoms with Crippen molar-refractivity contribution in [2.45, 2.75) is 26.4 Å². The molecule has 1 aromatic carbocycles. The van der Waals surface area contributed by atoms with Crippen LogP contribution in [0.4, 0.5) is 26.4 Å². The Morgan fingerprint density at radius 2 is 1.93 bits per heavy atom. The molecule has 0 atom stereocenters. The number of amides is 1. The van der Waals surface area contributed by atoms with Crippen molar-refractivity contribution in [3.05, 3.63) is 12.1 Å². The first kappa shape index (κ1) is 20.3. The quantitative estimate of drug-likeness (QED) is 0.657. The molecule has 1 fully saturated rings. The lowest BCUT2D eigenvalue weighted by molar-refractivity contribution is 0.0589. The molecular formula is C18H23N7O4S. The van der Waals surface area contributed by atoms with Gasteiger partial charge < -0.3 is 19.7 Å². The summed E-state index contributed by atoms with van der Waals surface area (Å²) >= 11 is 1.22. The molecule has 0 spiro atoms. The fourth-order valence-corrected chi connectivity index (χ4v) is 3.65. The first-order valence-electron chi connectivity index (χ1n) is 9.47. The summed E-state index contributed by atoms with van der Waals surface area (Å²) in [6, 6.07) is 3.87. The van der Waals surface area contributed by atoms with Gasteiger partial charge in [0.25, 0.3) is 0 Å². The molecule has 1 aliphatic heterocycles. The van der Waals surface area contributed by atoms with Gasteiger partial charge in [-0.05, 0) is 43.2 Å². The van der Waals surface area contributed by atoms with Gasteiger partial charge in [-0.3, -0.25) is 4.90 Å². The van der Waals surface area contributed by atoms with Crippen LogP contribution < -0.4 is 15.1 Å². The standard InChI is InChI=1S/C18H23N7O4S/c1-18(2,3)28-17(26)24(4)16-21-20-15(30-16)19-11-5-6-12(14-13(11)22-29-23-14)25-7-9-27-10-8-25/h5-6H,7-10H2,1-4H3,(H,19,20). The molecule has 0 bridgehead atoms. The van der Waals surface area contributed by atoms with Crippen LogP contribution in [0.2, 0.25) is 0 Å². The van der Waals surface area contributed by atoms with Crippen LogP contribution in [0.1, 0.15) is 20.8 Å². The van der Waals surface area contributed by atoms with Crippen LogP contribution >= 0.6 is 11.3 Å². The second-order valence-electron chi connectivity index (χ2n) is 7.75. The fraction of sp³-hybridized carbons (Fsp3) is 0.500. The highest BCUT2D eigenvalue weighted by atomic mass is 32.1. The Hall–Kier alpha value is -2.99. The molecule has 1 aliphatic rings. The highest BCUT2D eigenvalue weighted by Crippen LogP contribution is 2.34. The molecular weight excluding hydrogens is 410 g/mol. The zero-order valence-electron chi connectivity index (χ0n) is 17.2. The van der Waals surface area contributed by atoms with E-state index in [2.05, 4.69) is 30.7 Å². The minimum atomic E-state index is -0.592. The van der Waals surface area contributed by atoms with Gasteiger partial charge in [-0.1, -0.05) is 11.3 Å². The third kappa shape index (κ3) is 4.28. The van der Waals surface area contributed by atoms with E-state index < -0.39 is 11.7 Å². The summed E-state index contributed by atoms with van der Waals surface area (Å²) in [7, 11) is 1.59. The van der Waals surface area contributed by atoms with Gasteiger partial charge in [-0.25, -0.2) is 9.42 Å². The molecule has 1 saturated heterocycles. The third-order valence-electron chi connectivity index (χ3n) is 4.36. The van der Waals surface area contributed by atoms with Gasteiger partial charge >= 0.3 is 6.09 Å². The molecule has 2 aromatic heterocycles. The van der Waals surface area contributed by atoms with Crippen LogP contribution in [0, 0.1) is 0 Å². The molecule has 0 radical (unpaired) electrons. The SMILES string of the molecule is CN(C(=O)OC(C)(C)C)c1nnc(Nc2ccc(N3CCOCC3)c3nonc23)s1. The first-order chi connectivity index (χ1) is 14.3. The monoisotopic (exact) mass is 433 g/mol. The maximum atomic E-state index is 12.2. The number of carbonyl (C=O) groups is 1. The highest BCUT2D eigenvalue weighted by Gasteiger charge is 2.24. The van der Waals surface area contributed by atoms with Crippen LogP contribution in [0.5, 0.6) is 0 Å². The molecule has 1 N–H and O–H groups in total. The van der Waals surface area contributed by atoms with E-state index in [1.165, 1.54) is 16.2 Å². The Kier molecular flexibility index (Phi) is 5.43. The van der Waals surface area contributed by atoms with Gasteiger partial charge in [0.2, 0.25) is 10.3 Å². The number of nitrogens with one attached hydrogen (secondary N) is 1. The average Bonchev–Trinajstić information content (AvgIpc) is 3.37. The summed E-state index contributed by atoms with van der Waals surface area (Å²) in [6.07, 6.45) is -0.497. The zero-order chi connectivity index (χ0) is 21.3. The van der Waals surface area contributed by atoms with Gasteiger partial charge in [0, 0.05) is 20.1 Å². The Bertz CT molecular complexity index is 1040. The molecule has 3 heterocycles. The Morgan fingerprint density at radius 3 is 2.67 bits per heavy atom. The number of hydrogen-bond donors (Lipinski definition) is 1. The summed E-state index contributed by atoms with van der Waals surface area (Å²) in [5.74, 6) is 0. The van der Waals surface area contributed by atoms with Crippen molar-refractivity contribution in [1.82, 2.24) is 20.5 Å². The van der Waals surface area contributed by atoms with Gasteiger partial charge in [0.1, 0.15) is 5.60 Å². The van der Waals surface area contributed by atoms with E-state index in [1.807, 2.05) is 32.9 Å². The minimum absolute atomic E-state index is 0.409. The highest BCUT2D eigenvalue weighted by molar-refractivity contribution is 7.19. The number of nitrogens with zero attached hydrogens (tertiary/aromatic N) is 6. The number of carbonyl (C=O) groups excluding carboxylic acids is 1. The minimum Gasteiger partial charge on any atom is -0.443 e. The number of morpholine rings is 1. The van der Waals surface area contributed by atoms with Crippen molar-refractivity contribution in [1.29, 1.82) is 0 Å². The molecule has 4 rings (SSSR count). The van der Waals surface area contributed by atoms with Gasteiger partial charge in [-0.15, -0.1) is 10.2 Å². The van der Waals surface area contributed by atoms with Crippen LogP contribution in [0.25, 0.3) is 11.0 Å². The Balaban J connectivity index is 1.53. The van der Waals surface area contributed by atoms with Crippen molar-refractivity contribution >= 4 is 50.1 Å². The summed E-state index contributed by atoms with van der Waals surface area (Å²) in [4.78, 5) is 15.7. The molecule has 160 valence electrons. The van der Waals surface area contributed by atoms with Crippen LogP contribution in [0.15, 0.2) is 16.8 Å². The molecule has 3 aromatic rings. The Morgan fingerprint density at radius 1 is 1.20 bits per heavy atom. The van der Waals surface area contributed by atoms with Gasteiger partial charge in [0.05, 0.1) is 24.6 Å². The molecule has 30 heavy (non-hydrogen) atoms. The van der Waals surface area contributed by atoms with Crippen LogP contribution in [-0.4, -0.2) is 65.6 Å². The van der Waals surface area contributed by atoms with Crippen LogP contribution in [-0.2, 0) is 9.47 Å².